The van der Waals surface area contributed by atoms with E-state index in [0.717, 1.165) is 25.9 Å². The molecule has 3 rings (SSSR count). The zero-order chi connectivity index (χ0) is 17.1. The number of likely N-dealkylation sites (tertiary alicyclic amines) is 1. The van der Waals surface area contributed by atoms with Crippen LogP contribution in [-0.2, 0) is 4.79 Å². The number of amides is 1. The number of aromatic amines is 1. The third kappa shape index (κ3) is 3.49. The highest BCUT2D eigenvalue weighted by molar-refractivity contribution is 6.18. The topological polar surface area (TPSA) is 124 Å². The van der Waals surface area contributed by atoms with Gasteiger partial charge < -0.3 is 26.0 Å². The minimum Gasteiger partial charge on any atom is -0.404 e. The molecule has 0 aromatic carbocycles. The van der Waals surface area contributed by atoms with Crippen molar-refractivity contribution >= 4 is 11.5 Å². The van der Waals surface area contributed by atoms with Gasteiger partial charge in [0, 0.05) is 31.3 Å². The summed E-state index contributed by atoms with van der Waals surface area (Å²) < 4.78 is 0. The monoisotopic (exact) mass is 333 g/mol. The minimum absolute atomic E-state index is 0.164. The number of hydrogen-bond donors (Lipinski definition) is 4. The van der Waals surface area contributed by atoms with Gasteiger partial charge in [0.25, 0.3) is 11.5 Å². The molecule has 1 unspecified atom stereocenters. The van der Waals surface area contributed by atoms with E-state index in [4.69, 9.17) is 5.73 Å². The zero-order valence-electron chi connectivity index (χ0n) is 13.5. The van der Waals surface area contributed by atoms with E-state index >= 15 is 0 Å². The van der Waals surface area contributed by atoms with Gasteiger partial charge in [0.1, 0.15) is 5.82 Å². The molecule has 1 aromatic heterocycles. The van der Waals surface area contributed by atoms with Crippen LogP contribution in [0.15, 0.2) is 17.1 Å². The molecule has 130 valence electrons. The van der Waals surface area contributed by atoms with Crippen LogP contribution in [0, 0.1) is 0 Å². The Bertz CT molecular complexity index is 693. The van der Waals surface area contributed by atoms with E-state index in [1.807, 2.05) is 0 Å². The lowest BCUT2D eigenvalue weighted by atomic mass is 9.94. The first kappa shape index (κ1) is 16.7. The molecule has 2 saturated heterocycles. The van der Waals surface area contributed by atoms with Crippen LogP contribution >= 0.6 is 0 Å². The lowest BCUT2D eigenvalue weighted by molar-refractivity contribution is -0.124. The van der Waals surface area contributed by atoms with E-state index in [2.05, 4.69) is 15.3 Å². The average Bonchev–Trinajstić information content (AvgIpc) is 3.02. The molecule has 2 aliphatic rings. The van der Waals surface area contributed by atoms with E-state index in [9.17, 15) is 14.7 Å². The number of rotatable bonds is 3. The van der Waals surface area contributed by atoms with Gasteiger partial charge in [-0.15, -0.1) is 0 Å². The van der Waals surface area contributed by atoms with Crippen molar-refractivity contribution in [2.24, 2.45) is 5.73 Å². The Kier molecular flexibility index (Phi) is 4.96. The number of aromatic nitrogens is 2. The molecular formula is C16H23N5O3. The van der Waals surface area contributed by atoms with E-state index in [1.54, 1.807) is 0 Å². The number of aliphatic hydroxyl groups excluding tert-OH is 1. The van der Waals surface area contributed by atoms with Crippen molar-refractivity contribution in [1.82, 2.24) is 20.2 Å². The smallest absolute Gasteiger partial charge is 0.259 e. The maximum Gasteiger partial charge on any atom is 0.259 e. The second kappa shape index (κ2) is 7.14. The van der Waals surface area contributed by atoms with Crippen molar-refractivity contribution in [2.75, 3.05) is 26.2 Å². The number of aliphatic hydroxyl groups is 1. The summed E-state index contributed by atoms with van der Waals surface area (Å²) in [7, 11) is 0. The third-order valence-corrected chi connectivity index (χ3v) is 4.62. The first-order chi connectivity index (χ1) is 11.6. The van der Waals surface area contributed by atoms with Crippen LogP contribution < -0.4 is 16.6 Å². The molecule has 2 fully saturated rings. The second-order valence-electron chi connectivity index (χ2n) is 6.32. The van der Waals surface area contributed by atoms with Crippen LogP contribution in [0.5, 0.6) is 0 Å². The molecule has 2 aliphatic heterocycles. The van der Waals surface area contributed by atoms with E-state index < -0.39 is 6.10 Å². The Morgan fingerprint density at radius 1 is 1.38 bits per heavy atom. The number of carbonyl (C=O) groups is 1. The molecule has 24 heavy (non-hydrogen) atoms. The Labute approximate surface area is 139 Å². The molecule has 5 N–H and O–H groups in total. The number of nitrogens with two attached hydrogens (primary N) is 1. The summed E-state index contributed by atoms with van der Waals surface area (Å²) in [4.78, 5) is 33.3. The molecule has 0 radical (unpaired) electrons. The second-order valence-corrected chi connectivity index (χ2v) is 6.32. The number of hydrogen-bond acceptors (Lipinski definition) is 6. The van der Waals surface area contributed by atoms with Gasteiger partial charge in [-0.2, -0.15) is 0 Å². The zero-order valence-corrected chi connectivity index (χ0v) is 13.5. The Balaban J connectivity index is 1.87. The lowest BCUT2D eigenvalue weighted by Crippen LogP contribution is -2.32. The number of nitrogens with zero attached hydrogens (tertiary/aromatic N) is 2. The first-order valence-electron chi connectivity index (χ1n) is 8.30. The van der Waals surface area contributed by atoms with Crippen LogP contribution in [0.2, 0.25) is 0 Å². The molecule has 0 bridgehead atoms. The fourth-order valence-corrected chi connectivity index (χ4v) is 3.28. The number of nitrogens with one attached hydrogen (secondary N) is 2. The molecule has 1 atom stereocenters. The van der Waals surface area contributed by atoms with Crippen LogP contribution in [0.1, 0.15) is 36.7 Å². The van der Waals surface area contributed by atoms with Gasteiger partial charge in [0.2, 0.25) is 0 Å². The predicted molar refractivity (Wildman–Crippen MR) is 89.1 cm³/mol. The van der Waals surface area contributed by atoms with Crippen molar-refractivity contribution in [1.29, 1.82) is 0 Å². The Hall–Kier alpha value is -2.19. The predicted octanol–water partition coefficient (Wildman–Crippen LogP) is -0.870. The first-order valence-corrected chi connectivity index (χ1v) is 8.30. The van der Waals surface area contributed by atoms with Gasteiger partial charge in [-0.1, -0.05) is 0 Å². The minimum atomic E-state index is -0.513. The van der Waals surface area contributed by atoms with Gasteiger partial charge in [-0.05, 0) is 32.4 Å². The summed E-state index contributed by atoms with van der Waals surface area (Å²) in [5, 5.41) is 12.9. The summed E-state index contributed by atoms with van der Waals surface area (Å²) in [6.45, 7) is 2.52. The van der Waals surface area contributed by atoms with E-state index in [1.165, 1.54) is 17.2 Å². The van der Waals surface area contributed by atoms with Gasteiger partial charge in [-0.25, -0.2) is 4.98 Å². The molecule has 3 heterocycles. The van der Waals surface area contributed by atoms with Crippen LogP contribution in [0.4, 0.5) is 0 Å². The fourth-order valence-electron chi connectivity index (χ4n) is 3.28. The molecule has 0 aliphatic carbocycles. The van der Waals surface area contributed by atoms with E-state index in [-0.39, 0.29) is 35.3 Å². The quantitative estimate of drug-likeness (QED) is 0.533. The highest BCUT2D eigenvalue weighted by Gasteiger charge is 2.28. The Morgan fingerprint density at radius 2 is 2.12 bits per heavy atom. The molecular weight excluding hydrogens is 310 g/mol. The maximum absolute atomic E-state index is 12.6. The molecule has 1 amide bonds. The normalized spacial score (nSPS) is 22.8. The average molecular weight is 333 g/mol. The molecule has 1 aromatic rings. The summed E-state index contributed by atoms with van der Waals surface area (Å²) in [5.41, 5.74) is 6.21. The van der Waals surface area contributed by atoms with Crippen LogP contribution in [0.25, 0.3) is 5.57 Å². The highest BCUT2D eigenvalue weighted by Crippen LogP contribution is 2.24. The number of H-pyrrole nitrogens is 1. The summed E-state index contributed by atoms with van der Waals surface area (Å²) in [6.07, 6.45) is 3.02. The van der Waals surface area contributed by atoms with Gasteiger partial charge in [0.15, 0.2) is 0 Å². The van der Waals surface area contributed by atoms with Crippen molar-refractivity contribution in [2.45, 2.75) is 31.3 Å². The molecule has 0 saturated carbocycles. The van der Waals surface area contributed by atoms with Crippen molar-refractivity contribution < 1.29 is 9.90 Å². The van der Waals surface area contributed by atoms with Crippen LogP contribution in [-0.4, -0.2) is 58.2 Å². The molecule has 8 heteroatoms. The summed E-state index contributed by atoms with van der Waals surface area (Å²) in [6, 6.07) is 1.50. The number of β-amino-alcohol motifs (C(OH)–C–C–N with tert-alkyl or cyclic N) is 1. The van der Waals surface area contributed by atoms with Crippen LogP contribution in [0.3, 0.4) is 0 Å². The fraction of sp³-hybridized carbons (Fsp3) is 0.562. The van der Waals surface area contributed by atoms with Gasteiger partial charge in [-0.3, -0.25) is 9.59 Å². The van der Waals surface area contributed by atoms with Crippen molar-refractivity contribution in [3.05, 3.63) is 34.1 Å². The number of carbonyl (C=O) groups excluding carboxylic acids is 1. The summed E-state index contributed by atoms with van der Waals surface area (Å²) in [5.74, 6) is 0.0830. The Morgan fingerprint density at radius 3 is 2.75 bits per heavy atom. The largest absolute Gasteiger partial charge is 0.404 e. The molecule has 8 nitrogen and oxygen atoms in total. The van der Waals surface area contributed by atoms with Crippen molar-refractivity contribution in [3.8, 4) is 0 Å². The SMILES string of the molecule is NC=C(C(=O)N1CCC(O)C1)c1nc(C2CCNCC2)cc(=O)[nH]1. The van der Waals surface area contributed by atoms with Gasteiger partial charge >= 0.3 is 0 Å². The standard InChI is InChI=1S/C16H23N5O3/c17-8-12(16(24)21-6-3-11(22)9-21)15-19-13(7-14(23)20-15)10-1-4-18-5-2-10/h7-8,10-11,18,22H,1-6,9,17H2,(H,19,20,23). The van der Waals surface area contributed by atoms with E-state index in [0.29, 0.717) is 18.7 Å². The summed E-state index contributed by atoms with van der Waals surface area (Å²) >= 11 is 0. The van der Waals surface area contributed by atoms with Gasteiger partial charge in [0.05, 0.1) is 17.4 Å². The molecule has 0 spiro atoms. The van der Waals surface area contributed by atoms with Crippen molar-refractivity contribution in [3.63, 3.8) is 0 Å². The maximum atomic E-state index is 12.6. The highest BCUT2D eigenvalue weighted by atomic mass is 16.3. The lowest BCUT2D eigenvalue weighted by Gasteiger charge is -2.22. The number of piperidine rings is 1. The third-order valence-electron chi connectivity index (χ3n) is 4.62.